The highest BCUT2D eigenvalue weighted by atomic mass is 16.4. The fourth-order valence-corrected chi connectivity index (χ4v) is 1.84. The Morgan fingerprint density at radius 1 is 1.06 bits per heavy atom. The summed E-state index contributed by atoms with van der Waals surface area (Å²) in [4.78, 5) is 22.3. The first-order valence-electron chi connectivity index (χ1n) is 5.36. The first-order valence-corrected chi connectivity index (χ1v) is 5.36. The number of hydrogen-bond acceptors (Lipinski definition) is 2. The van der Waals surface area contributed by atoms with E-state index in [1.54, 1.807) is 18.2 Å². The molecule has 18 heavy (non-hydrogen) atoms. The van der Waals surface area contributed by atoms with E-state index in [0.717, 1.165) is 5.56 Å². The zero-order chi connectivity index (χ0) is 13.7. The quantitative estimate of drug-likeness (QED) is 0.756. The molecule has 0 unspecified atom stereocenters. The van der Waals surface area contributed by atoms with Crippen molar-refractivity contribution in [2.75, 3.05) is 0 Å². The van der Waals surface area contributed by atoms with Gasteiger partial charge in [0.1, 0.15) is 0 Å². The van der Waals surface area contributed by atoms with Crippen LogP contribution in [-0.2, 0) is 12.8 Å². The molecular weight excluding hydrogens is 232 g/mol. The van der Waals surface area contributed by atoms with Gasteiger partial charge in [-0.3, -0.25) is 0 Å². The molecule has 1 aromatic carbocycles. The number of rotatable bonds is 6. The third-order valence-electron chi connectivity index (χ3n) is 2.57. The van der Waals surface area contributed by atoms with E-state index in [0.29, 0.717) is 18.4 Å². The summed E-state index contributed by atoms with van der Waals surface area (Å²) in [5.41, 5.74) is 0.874. The van der Waals surface area contributed by atoms with Crippen LogP contribution in [0.5, 0.6) is 0 Å². The van der Waals surface area contributed by atoms with Gasteiger partial charge in [0, 0.05) is 0 Å². The van der Waals surface area contributed by atoms with E-state index in [4.69, 9.17) is 5.11 Å². The second kappa shape index (κ2) is 5.82. The maximum absolute atomic E-state index is 11.3. The van der Waals surface area contributed by atoms with Crippen LogP contribution in [0, 0.1) is 0 Å². The average Bonchev–Trinajstić information content (AvgIpc) is 2.30. The molecule has 1 aromatic rings. The molecule has 0 fully saturated rings. The van der Waals surface area contributed by atoms with Crippen molar-refractivity contribution in [3.63, 3.8) is 0 Å². The lowest BCUT2D eigenvalue weighted by Crippen LogP contribution is -2.13. The van der Waals surface area contributed by atoms with E-state index in [1.807, 2.05) is 0 Å². The van der Waals surface area contributed by atoms with Gasteiger partial charge in [0.05, 0.1) is 11.1 Å². The highest BCUT2D eigenvalue weighted by Crippen LogP contribution is 2.22. The molecule has 4 nitrogen and oxygen atoms in total. The monoisotopic (exact) mass is 246 g/mol. The lowest BCUT2D eigenvalue weighted by molar-refractivity contribution is 0.0650. The second-order valence-electron chi connectivity index (χ2n) is 3.72. The molecule has 0 saturated heterocycles. The largest absolute Gasteiger partial charge is 0.478 e. The summed E-state index contributed by atoms with van der Waals surface area (Å²) < 4.78 is 0. The van der Waals surface area contributed by atoms with Gasteiger partial charge in [-0.25, -0.2) is 9.59 Å². The lowest BCUT2D eigenvalue weighted by atomic mass is 9.92. The minimum absolute atomic E-state index is 0.165. The van der Waals surface area contributed by atoms with Gasteiger partial charge in [0.2, 0.25) is 0 Å². The lowest BCUT2D eigenvalue weighted by Gasteiger charge is -2.12. The molecule has 0 atom stereocenters. The minimum atomic E-state index is -1.25. The molecule has 2 N–H and O–H groups in total. The molecule has 0 aliphatic rings. The predicted molar refractivity (Wildman–Crippen MR) is 68.2 cm³/mol. The Hall–Kier alpha value is -2.36. The molecule has 0 amide bonds. The Bertz CT molecular complexity index is 515. The van der Waals surface area contributed by atoms with E-state index in [1.165, 1.54) is 6.07 Å². The topological polar surface area (TPSA) is 74.6 Å². The van der Waals surface area contributed by atoms with E-state index >= 15 is 0 Å². The maximum atomic E-state index is 11.3. The zero-order valence-corrected chi connectivity index (χ0v) is 9.85. The average molecular weight is 246 g/mol. The number of benzene rings is 1. The molecule has 0 aliphatic heterocycles. The fraction of sp³-hybridized carbons (Fsp3) is 0.143. The van der Waals surface area contributed by atoms with Gasteiger partial charge in [0.15, 0.2) is 0 Å². The van der Waals surface area contributed by atoms with Crippen LogP contribution in [0.1, 0.15) is 31.8 Å². The number of carboxylic acids is 2. The van der Waals surface area contributed by atoms with Gasteiger partial charge in [-0.15, -0.1) is 13.2 Å². The summed E-state index contributed by atoms with van der Waals surface area (Å²) in [6.45, 7) is 7.17. The predicted octanol–water partition coefficient (Wildman–Crippen LogP) is 2.54. The Labute approximate surface area is 105 Å². The van der Waals surface area contributed by atoms with Crippen LogP contribution in [0.4, 0.5) is 0 Å². The van der Waals surface area contributed by atoms with Crippen molar-refractivity contribution in [1.29, 1.82) is 0 Å². The van der Waals surface area contributed by atoms with Crippen LogP contribution in [0.25, 0.3) is 0 Å². The van der Waals surface area contributed by atoms with Crippen LogP contribution in [0.15, 0.2) is 37.4 Å². The van der Waals surface area contributed by atoms with Gasteiger partial charge in [0.25, 0.3) is 0 Å². The van der Waals surface area contributed by atoms with Gasteiger partial charge < -0.3 is 10.2 Å². The number of hydrogen-bond donors (Lipinski definition) is 2. The van der Waals surface area contributed by atoms with E-state index in [-0.39, 0.29) is 11.1 Å². The summed E-state index contributed by atoms with van der Waals surface area (Å²) >= 11 is 0. The van der Waals surface area contributed by atoms with Crippen LogP contribution < -0.4 is 0 Å². The number of carboxylic acid groups (broad SMARTS) is 2. The Morgan fingerprint density at radius 3 is 2.11 bits per heavy atom. The molecule has 94 valence electrons. The molecule has 1 rings (SSSR count). The van der Waals surface area contributed by atoms with Crippen molar-refractivity contribution in [3.05, 3.63) is 59.7 Å². The van der Waals surface area contributed by atoms with E-state index in [9.17, 15) is 14.7 Å². The first-order chi connectivity index (χ1) is 8.52. The minimum Gasteiger partial charge on any atom is -0.478 e. The van der Waals surface area contributed by atoms with Gasteiger partial charge >= 0.3 is 11.9 Å². The second-order valence-corrected chi connectivity index (χ2v) is 3.72. The highest BCUT2D eigenvalue weighted by Gasteiger charge is 2.21. The van der Waals surface area contributed by atoms with Crippen molar-refractivity contribution < 1.29 is 19.8 Å². The number of allylic oxidation sites excluding steroid dienone is 2. The highest BCUT2D eigenvalue weighted by molar-refractivity contribution is 6.03. The summed E-state index contributed by atoms with van der Waals surface area (Å²) in [5, 5.41) is 18.2. The van der Waals surface area contributed by atoms with Crippen molar-refractivity contribution in [2.24, 2.45) is 0 Å². The molecular formula is C14H14O4. The standard InChI is InChI=1S/C14H14O4/c1-3-5-9-7-8-11(13(15)16)12(14(17)18)10(9)6-4-2/h3-4,7-8H,1-2,5-6H2,(H,15,16)(H,17,18). The Morgan fingerprint density at radius 2 is 1.67 bits per heavy atom. The van der Waals surface area contributed by atoms with E-state index in [2.05, 4.69) is 13.2 Å². The van der Waals surface area contributed by atoms with Crippen molar-refractivity contribution in [1.82, 2.24) is 0 Å². The van der Waals surface area contributed by atoms with Crippen LogP contribution >= 0.6 is 0 Å². The first kappa shape index (κ1) is 13.7. The molecule has 0 saturated carbocycles. The van der Waals surface area contributed by atoms with Crippen LogP contribution in [0.3, 0.4) is 0 Å². The third kappa shape index (κ3) is 2.66. The smallest absolute Gasteiger partial charge is 0.336 e. The molecule has 0 aromatic heterocycles. The van der Waals surface area contributed by atoms with Crippen LogP contribution in [-0.4, -0.2) is 22.2 Å². The normalized spacial score (nSPS) is 9.78. The molecule has 0 spiro atoms. The molecule has 0 heterocycles. The molecule has 4 heteroatoms. The number of aromatic carboxylic acids is 2. The number of carbonyl (C=O) groups is 2. The van der Waals surface area contributed by atoms with Gasteiger partial charge in [-0.1, -0.05) is 18.2 Å². The van der Waals surface area contributed by atoms with Crippen LogP contribution in [0.2, 0.25) is 0 Å². The maximum Gasteiger partial charge on any atom is 0.336 e. The molecule has 0 radical (unpaired) electrons. The molecule has 0 bridgehead atoms. The van der Waals surface area contributed by atoms with Crippen molar-refractivity contribution in [2.45, 2.75) is 12.8 Å². The van der Waals surface area contributed by atoms with E-state index < -0.39 is 11.9 Å². The van der Waals surface area contributed by atoms with Crippen molar-refractivity contribution >= 4 is 11.9 Å². The summed E-state index contributed by atoms with van der Waals surface area (Å²) in [7, 11) is 0. The van der Waals surface area contributed by atoms with Gasteiger partial charge in [-0.05, 0) is 30.0 Å². The summed E-state index contributed by atoms with van der Waals surface area (Å²) in [5.74, 6) is -2.49. The van der Waals surface area contributed by atoms with Gasteiger partial charge in [-0.2, -0.15) is 0 Å². The molecule has 0 aliphatic carbocycles. The summed E-state index contributed by atoms with van der Waals surface area (Å²) in [6, 6.07) is 2.94. The Kier molecular flexibility index (Phi) is 4.43. The third-order valence-corrected chi connectivity index (χ3v) is 2.57. The van der Waals surface area contributed by atoms with Crippen molar-refractivity contribution in [3.8, 4) is 0 Å². The fourth-order valence-electron chi connectivity index (χ4n) is 1.84. The SMILES string of the molecule is C=CCc1ccc(C(=O)O)c(C(=O)O)c1CC=C. The Balaban J connectivity index is 3.58. The summed E-state index contributed by atoms with van der Waals surface area (Å²) in [6.07, 6.45) is 4.00. The zero-order valence-electron chi connectivity index (χ0n) is 9.85.